The lowest BCUT2D eigenvalue weighted by molar-refractivity contribution is 0.670. The van der Waals surface area contributed by atoms with Gasteiger partial charge >= 0.3 is 0 Å². The Morgan fingerprint density at radius 3 is 1.59 bits per heavy atom. The molecule has 0 aliphatic heterocycles. The first-order valence-electron chi connectivity index (χ1n) is 21.3. The predicted molar refractivity (Wildman–Crippen MR) is 260 cm³/mol. The summed E-state index contributed by atoms with van der Waals surface area (Å²) in [5, 5.41) is 7.01. The molecule has 0 aliphatic carbocycles. The first-order chi connectivity index (χ1) is 31.2. The van der Waals surface area contributed by atoms with Crippen LogP contribution < -0.4 is 0 Å². The molecule has 9 aromatic carbocycles. The number of furan rings is 1. The molecule has 0 N–H and O–H groups in total. The third-order valence-electron chi connectivity index (χ3n) is 12.6. The molecule has 13 rings (SSSR count). The molecule has 0 saturated heterocycles. The van der Waals surface area contributed by atoms with Crippen LogP contribution >= 0.6 is 0 Å². The van der Waals surface area contributed by atoms with E-state index in [1.165, 1.54) is 16.3 Å². The van der Waals surface area contributed by atoms with Gasteiger partial charge in [0.15, 0.2) is 0 Å². The van der Waals surface area contributed by atoms with Gasteiger partial charge in [-0.1, -0.05) is 164 Å². The summed E-state index contributed by atoms with van der Waals surface area (Å²) >= 11 is 0. The van der Waals surface area contributed by atoms with E-state index in [9.17, 15) is 0 Å². The molecule has 0 atom stereocenters. The van der Waals surface area contributed by atoms with E-state index in [2.05, 4.69) is 203 Å². The Bertz CT molecular complexity index is 3840. The summed E-state index contributed by atoms with van der Waals surface area (Å²) in [4.78, 5) is 10.5. The lowest BCUT2D eigenvalue weighted by atomic mass is 10.0. The lowest BCUT2D eigenvalue weighted by Crippen LogP contribution is -2.03. The number of nitrogens with zero attached hydrogens (tertiary/aromatic N) is 4. The zero-order valence-electron chi connectivity index (χ0n) is 34.0. The number of benzene rings is 9. The maximum Gasteiger partial charge on any atom is 0.235 e. The van der Waals surface area contributed by atoms with Crippen molar-refractivity contribution in [3.63, 3.8) is 0 Å². The molecular formula is C58H36N4O. The van der Waals surface area contributed by atoms with Crippen molar-refractivity contribution in [3.8, 4) is 56.4 Å². The van der Waals surface area contributed by atoms with Gasteiger partial charge in [-0.25, -0.2) is 9.97 Å². The maximum absolute atomic E-state index is 6.42. The Morgan fingerprint density at radius 1 is 0.317 bits per heavy atom. The number of hydrogen-bond acceptors (Lipinski definition) is 3. The van der Waals surface area contributed by atoms with E-state index in [4.69, 9.17) is 14.4 Å². The molecule has 5 nitrogen and oxygen atoms in total. The maximum atomic E-state index is 6.42. The second kappa shape index (κ2) is 14.0. The molecule has 13 aromatic rings. The number of hydrogen-bond donors (Lipinski definition) is 0. The van der Waals surface area contributed by atoms with Gasteiger partial charge in [0.1, 0.15) is 11.2 Å². The van der Waals surface area contributed by atoms with E-state index in [1.807, 2.05) is 24.3 Å². The Morgan fingerprint density at radius 2 is 0.857 bits per heavy atom. The zero-order chi connectivity index (χ0) is 41.4. The number of aromatic nitrogens is 4. The van der Waals surface area contributed by atoms with Gasteiger partial charge in [0.05, 0.1) is 33.5 Å². The highest BCUT2D eigenvalue weighted by atomic mass is 16.3. The van der Waals surface area contributed by atoms with Crippen molar-refractivity contribution in [2.45, 2.75) is 0 Å². The van der Waals surface area contributed by atoms with E-state index < -0.39 is 0 Å². The van der Waals surface area contributed by atoms with E-state index in [0.717, 1.165) is 99.7 Å². The van der Waals surface area contributed by atoms with E-state index in [-0.39, 0.29) is 0 Å². The minimum atomic E-state index is 0.639. The van der Waals surface area contributed by atoms with Crippen molar-refractivity contribution in [1.29, 1.82) is 0 Å². The Hall–Kier alpha value is -8.54. The third kappa shape index (κ3) is 5.64. The van der Waals surface area contributed by atoms with Gasteiger partial charge in [0.2, 0.25) is 5.95 Å². The largest absolute Gasteiger partial charge is 0.455 e. The fraction of sp³-hybridized carbons (Fsp3) is 0. The normalized spacial score (nSPS) is 11.8. The monoisotopic (exact) mass is 804 g/mol. The zero-order valence-corrected chi connectivity index (χ0v) is 34.0. The second-order valence-corrected chi connectivity index (χ2v) is 16.2. The summed E-state index contributed by atoms with van der Waals surface area (Å²) in [7, 11) is 0. The Balaban J connectivity index is 0.947. The molecule has 0 radical (unpaired) electrons. The standard InChI is InChI=1S/C58H36N4O/c1-3-14-38(15-4-1)50-36-51(39-16-5-2-6-17-39)60-58(59-50)62-53-24-11-8-19-45(53)49-34-40(29-33-54(49)62)41-28-32-46-44-18-7-10-23-52(44)61(55(46)35-41)42-30-26-37(27-31-42)43-21-13-22-48-47-20-9-12-25-56(47)63-57(43)48/h1-36H. The summed E-state index contributed by atoms with van der Waals surface area (Å²) in [5.41, 5.74) is 15.7. The summed E-state index contributed by atoms with van der Waals surface area (Å²) in [6.07, 6.45) is 0. The van der Waals surface area contributed by atoms with Crippen LogP contribution in [0.2, 0.25) is 0 Å². The van der Waals surface area contributed by atoms with Gasteiger partial charge in [0.25, 0.3) is 0 Å². The lowest BCUT2D eigenvalue weighted by Gasteiger charge is -2.12. The van der Waals surface area contributed by atoms with Crippen LogP contribution in [0.4, 0.5) is 0 Å². The molecule has 4 aromatic heterocycles. The third-order valence-corrected chi connectivity index (χ3v) is 12.6. The van der Waals surface area contributed by atoms with Crippen molar-refractivity contribution in [2.75, 3.05) is 0 Å². The summed E-state index contributed by atoms with van der Waals surface area (Å²) in [5.74, 6) is 0.639. The minimum absolute atomic E-state index is 0.639. The van der Waals surface area contributed by atoms with Gasteiger partial charge in [-0.05, 0) is 71.3 Å². The second-order valence-electron chi connectivity index (χ2n) is 16.2. The van der Waals surface area contributed by atoms with Crippen molar-refractivity contribution in [1.82, 2.24) is 19.1 Å². The molecule has 4 heterocycles. The molecule has 0 saturated carbocycles. The summed E-state index contributed by atoms with van der Waals surface area (Å²) < 4.78 is 11.0. The number of para-hydroxylation sites is 4. The first kappa shape index (κ1) is 35.2. The van der Waals surface area contributed by atoms with Crippen LogP contribution in [0.5, 0.6) is 0 Å². The van der Waals surface area contributed by atoms with E-state index in [1.54, 1.807) is 0 Å². The molecule has 63 heavy (non-hydrogen) atoms. The van der Waals surface area contributed by atoms with Crippen molar-refractivity contribution in [3.05, 3.63) is 218 Å². The highest BCUT2D eigenvalue weighted by Gasteiger charge is 2.19. The van der Waals surface area contributed by atoms with Crippen LogP contribution in [0.25, 0.3) is 122 Å². The van der Waals surface area contributed by atoms with Gasteiger partial charge in [-0.3, -0.25) is 4.57 Å². The molecule has 0 amide bonds. The molecule has 0 fully saturated rings. The van der Waals surface area contributed by atoms with E-state index >= 15 is 0 Å². The van der Waals surface area contributed by atoms with Crippen LogP contribution in [-0.4, -0.2) is 19.1 Å². The predicted octanol–water partition coefficient (Wildman–Crippen LogP) is 15.2. The van der Waals surface area contributed by atoms with Gasteiger partial charge in [0, 0.05) is 54.7 Å². The van der Waals surface area contributed by atoms with Crippen LogP contribution in [0.3, 0.4) is 0 Å². The Kier molecular flexibility index (Phi) is 7.84. The summed E-state index contributed by atoms with van der Waals surface area (Å²) in [6.45, 7) is 0. The molecule has 0 aliphatic rings. The minimum Gasteiger partial charge on any atom is -0.455 e. The quantitative estimate of drug-likeness (QED) is 0.168. The van der Waals surface area contributed by atoms with Crippen LogP contribution in [0, 0.1) is 0 Å². The molecule has 0 spiro atoms. The van der Waals surface area contributed by atoms with Gasteiger partial charge < -0.3 is 8.98 Å². The van der Waals surface area contributed by atoms with Crippen LogP contribution in [0.1, 0.15) is 0 Å². The Labute approximate surface area is 362 Å². The highest BCUT2D eigenvalue weighted by Crippen LogP contribution is 2.40. The molecule has 0 unspecified atom stereocenters. The molecule has 294 valence electrons. The molecular weight excluding hydrogens is 769 g/mol. The average molecular weight is 805 g/mol. The average Bonchev–Trinajstić information content (AvgIpc) is 4.02. The fourth-order valence-electron chi connectivity index (χ4n) is 9.61. The van der Waals surface area contributed by atoms with Gasteiger partial charge in [-0.2, -0.15) is 0 Å². The SMILES string of the molecule is c1ccc(-c2cc(-c3ccccc3)nc(-n3c4ccccc4c4cc(-c5ccc6c7ccccc7n(-c7ccc(-c8cccc9c8oc8ccccc89)cc7)c6c5)ccc43)n2)cc1. The van der Waals surface area contributed by atoms with Crippen LogP contribution in [-0.2, 0) is 0 Å². The molecule has 0 bridgehead atoms. The van der Waals surface area contributed by atoms with E-state index in [0.29, 0.717) is 5.95 Å². The highest BCUT2D eigenvalue weighted by molar-refractivity contribution is 6.13. The topological polar surface area (TPSA) is 48.8 Å². The van der Waals surface area contributed by atoms with Crippen molar-refractivity contribution in [2.24, 2.45) is 0 Å². The number of rotatable bonds is 6. The van der Waals surface area contributed by atoms with Gasteiger partial charge in [-0.15, -0.1) is 0 Å². The van der Waals surface area contributed by atoms with Crippen molar-refractivity contribution < 1.29 is 4.42 Å². The summed E-state index contributed by atoms with van der Waals surface area (Å²) in [6, 6.07) is 77.3. The number of fused-ring (bicyclic) bond motifs is 9. The first-order valence-corrected chi connectivity index (χ1v) is 21.3. The van der Waals surface area contributed by atoms with Crippen molar-refractivity contribution >= 4 is 65.6 Å². The molecule has 5 heteroatoms. The fourth-order valence-corrected chi connectivity index (χ4v) is 9.61. The van der Waals surface area contributed by atoms with Crippen LogP contribution in [0.15, 0.2) is 223 Å². The smallest absolute Gasteiger partial charge is 0.235 e.